The first kappa shape index (κ1) is 15.7. The van der Waals surface area contributed by atoms with E-state index >= 15 is 0 Å². The van der Waals surface area contributed by atoms with Gasteiger partial charge in [-0.25, -0.2) is 0 Å². The predicted molar refractivity (Wildman–Crippen MR) is 90.3 cm³/mol. The van der Waals surface area contributed by atoms with Crippen LogP contribution in [0.1, 0.15) is 23.2 Å². The summed E-state index contributed by atoms with van der Waals surface area (Å²) in [6.07, 6.45) is 0. The topological polar surface area (TPSA) is 84.2 Å². The molecule has 0 aliphatic heterocycles. The monoisotopic (exact) mass is 323 g/mol. The number of hydrogen-bond donors (Lipinski definition) is 1. The molecule has 1 aromatic carbocycles. The summed E-state index contributed by atoms with van der Waals surface area (Å²) in [5, 5.41) is 14.8. The van der Waals surface area contributed by atoms with E-state index in [0.717, 1.165) is 5.69 Å². The van der Waals surface area contributed by atoms with Gasteiger partial charge in [-0.05, 0) is 38.1 Å². The molecule has 122 valence electrons. The summed E-state index contributed by atoms with van der Waals surface area (Å²) in [6, 6.07) is 14.5. The Balaban J connectivity index is 1.75. The fourth-order valence-corrected chi connectivity index (χ4v) is 2.26. The largest absolute Gasteiger partial charge is 0.360 e. The molecule has 2 aromatic heterocycles. The summed E-state index contributed by atoms with van der Waals surface area (Å²) in [4.78, 5) is 14.3. The summed E-state index contributed by atoms with van der Waals surface area (Å²) in [5.41, 5.74) is 1.11. The number of benzene rings is 1. The van der Waals surface area contributed by atoms with E-state index < -0.39 is 0 Å². The van der Waals surface area contributed by atoms with Crippen molar-refractivity contribution in [1.29, 1.82) is 0 Å². The first-order valence-corrected chi connectivity index (χ1v) is 7.58. The van der Waals surface area contributed by atoms with Crippen molar-refractivity contribution < 1.29 is 9.32 Å². The number of para-hydroxylation sites is 1. The van der Waals surface area contributed by atoms with E-state index in [2.05, 4.69) is 20.7 Å². The van der Waals surface area contributed by atoms with E-state index in [1.807, 2.05) is 37.3 Å². The SMILES string of the molecule is CCN(C(=O)c1ccc(Nc2cc(C)on2)nn1)c1ccccc1. The number of nitrogens with one attached hydrogen (secondary N) is 1. The van der Waals surface area contributed by atoms with Crippen molar-refractivity contribution in [2.75, 3.05) is 16.8 Å². The maximum atomic E-state index is 12.6. The van der Waals surface area contributed by atoms with Crippen LogP contribution in [-0.4, -0.2) is 27.8 Å². The Morgan fingerprint density at radius 1 is 1.12 bits per heavy atom. The molecule has 0 aliphatic carbocycles. The molecule has 0 fully saturated rings. The maximum Gasteiger partial charge on any atom is 0.278 e. The fraction of sp³-hybridized carbons (Fsp3) is 0.176. The molecule has 0 saturated heterocycles. The molecule has 3 aromatic rings. The van der Waals surface area contributed by atoms with Crippen molar-refractivity contribution in [3.05, 3.63) is 60.0 Å². The number of carbonyl (C=O) groups excluding carboxylic acids is 1. The molecule has 0 unspecified atom stereocenters. The van der Waals surface area contributed by atoms with Gasteiger partial charge in [-0.3, -0.25) is 4.79 Å². The maximum absolute atomic E-state index is 12.6. The third-order valence-corrected chi connectivity index (χ3v) is 3.40. The van der Waals surface area contributed by atoms with Crippen LogP contribution < -0.4 is 10.2 Å². The third-order valence-electron chi connectivity index (χ3n) is 3.40. The minimum atomic E-state index is -0.194. The minimum Gasteiger partial charge on any atom is -0.360 e. The first-order valence-electron chi connectivity index (χ1n) is 7.58. The second-order valence-electron chi connectivity index (χ2n) is 5.14. The van der Waals surface area contributed by atoms with E-state index in [-0.39, 0.29) is 11.6 Å². The Kier molecular flexibility index (Phi) is 4.51. The van der Waals surface area contributed by atoms with Crippen molar-refractivity contribution in [3.8, 4) is 0 Å². The standard InChI is InChI=1S/C17H17N5O2/c1-3-22(13-7-5-4-6-8-13)17(23)14-9-10-15(20-19-14)18-16-11-12(2)24-21-16/h4-11H,3H2,1-2H3,(H,18,20,21). The van der Waals surface area contributed by atoms with Crippen LogP contribution in [-0.2, 0) is 0 Å². The Morgan fingerprint density at radius 2 is 1.92 bits per heavy atom. The molecule has 24 heavy (non-hydrogen) atoms. The third kappa shape index (κ3) is 3.40. The molecule has 1 amide bonds. The quantitative estimate of drug-likeness (QED) is 0.776. The minimum absolute atomic E-state index is 0.194. The van der Waals surface area contributed by atoms with E-state index in [1.54, 1.807) is 30.0 Å². The van der Waals surface area contributed by atoms with Crippen LogP contribution in [0.4, 0.5) is 17.3 Å². The van der Waals surface area contributed by atoms with Gasteiger partial charge in [-0.1, -0.05) is 23.4 Å². The molecule has 3 rings (SSSR count). The lowest BCUT2D eigenvalue weighted by Crippen LogP contribution is -2.31. The van der Waals surface area contributed by atoms with Gasteiger partial charge in [-0.15, -0.1) is 10.2 Å². The number of aromatic nitrogens is 3. The van der Waals surface area contributed by atoms with Crippen molar-refractivity contribution >= 4 is 23.2 Å². The van der Waals surface area contributed by atoms with Crippen molar-refractivity contribution in [2.24, 2.45) is 0 Å². The zero-order valence-electron chi connectivity index (χ0n) is 13.4. The number of anilines is 3. The van der Waals surface area contributed by atoms with Crippen molar-refractivity contribution in [3.63, 3.8) is 0 Å². The first-order chi connectivity index (χ1) is 11.7. The van der Waals surface area contributed by atoms with Gasteiger partial charge in [0.25, 0.3) is 5.91 Å². The van der Waals surface area contributed by atoms with E-state index in [0.29, 0.717) is 23.9 Å². The molecule has 7 heteroatoms. The molecular weight excluding hydrogens is 306 g/mol. The van der Waals surface area contributed by atoms with Crippen molar-refractivity contribution in [1.82, 2.24) is 15.4 Å². The molecule has 0 aliphatic rings. The predicted octanol–water partition coefficient (Wildman–Crippen LogP) is 3.18. The Morgan fingerprint density at radius 3 is 2.50 bits per heavy atom. The number of hydrogen-bond acceptors (Lipinski definition) is 6. The molecule has 2 heterocycles. The van der Waals surface area contributed by atoms with Crippen LogP contribution in [0.3, 0.4) is 0 Å². The molecule has 0 saturated carbocycles. The summed E-state index contributed by atoms with van der Waals surface area (Å²) in [5.74, 6) is 1.53. The lowest BCUT2D eigenvalue weighted by Gasteiger charge is -2.20. The average molecular weight is 323 g/mol. The van der Waals surface area contributed by atoms with Crippen LogP contribution in [0, 0.1) is 6.92 Å². The smallest absolute Gasteiger partial charge is 0.278 e. The molecule has 1 N–H and O–H groups in total. The van der Waals surface area contributed by atoms with Gasteiger partial charge in [0, 0.05) is 18.3 Å². The second-order valence-corrected chi connectivity index (χ2v) is 5.14. The van der Waals surface area contributed by atoms with Gasteiger partial charge >= 0.3 is 0 Å². The average Bonchev–Trinajstić information content (AvgIpc) is 3.02. The normalized spacial score (nSPS) is 10.4. The molecule has 7 nitrogen and oxygen atoms in total. The number of amides is 1. The molecule has 0 bridgehead atoms. The highest BCUT2D eigenvalue weighted by atomic mass is 16.5. The van der Waals surface area contributed by atoms with Crippen LogP contribution in [0.25, 0.3) is 0 Å². The zero-order valence-corrected chi connectivity index (χ0v) is 13.4. The van der Waals surface area contributed by atoms with Gasteiger partial charge in [0.15, 0.2) is 17.3 Å². The van der Waals surface area contributed by atoms with Gasteiger partial charge in [0.2, 0.25) is 0 Å². The highest BCUT2D eigenvalue weighted by Gasteiger charge is 2.17. The Hall–Kier alpha value is -3.22. The summed E-state index contributed by atoms with van der Waals surface area (Å²) in [6.45, 7) is 4.26. The summed E-state index contributed by atoms with van der Waals surface area (Å²) < 4.78 is 4.97. The summed E-state index contributed by atoms with van der Waals surface area (Å²) in [7, 11) is 0. The molecule has 0 atom stereocenters. The summed E-state index contributed by atoms with van der Waals surface area (Å²) >= 11 is 0. The van der Waals surface area contributed by atoms with Crippen LogP contribution in [0.15, 0.2) is 53.1 Å². The van der Waals surface area contributed by atoms with Gasteiger partial charge < -0.3 is 14.7 Å². The van der Waals surface area contributed by atoms with Gasteiger partial charge in [0.05, 0.1) is 0 Å². The highest BCUT2D eigenvalue weighted by molar-refractivity contribution is 6.04. The van der Waals surface area contributed by atoms with Crippen LogP contribution in [0.5, 0.6) is 0 Å². The second kappa shape index (κ2) is 6.91. The lowest BCUT2D eigenvalue weighted by atomic mass is 10.2. The number of rotatable bonds is 5. The van der Waals surface area contributed by atoms with Crippen LogP contribution in [0.2, 0.25) is 0 Å². The molecular formula is C17H17N5O2. The van der Waals surface area contributed by atoms with E-state index in [9.17, 15) is 4.79 Å². The van der Waals surface area contributed by atoms with E-state index in [4.69, 9.17) is 4.52 Å². The Bertz CT molecular complexity index is 815. The van der Waals surface area contributed by atoms with Crippen LogP contribution >= 0.6 is 0 Å². The Labute approximate surface area is 139 Å². The number of nitrogens with zero attached hydrogens (tertiary/aromatic N) is 4. The van der Waals surface area contributed by atoms with Gasteiger partial charge in [0.1, 0.15) is 5.76 Å². The fourth-order valence-electron chi connectivity index (χ4n) is 2.26. The number of carbonyl (C=O) groups is 1. The molecule has 0 spiro atoms. The number of aryl methyl sites for hydroxylation is 1. The lowest BCUT2D eigenvalue weighted by molar-refractivity contribution is 0.0982. The highest BCUT2D eigenvalue weighted by Crippen LogP contribution is 2.17. The van der Waals surface area contributed by atoms with Crippen molar-refractivity contribution in [2.45, 2.75) is 13.8 Å². The van der Waals surface area contributed by atoms with E-state index in [1.165, 1.54) is 0 Å². The zero-order chi connectivity index (χ0) is 16.9. The molecule has 0 radical (unpaired) electrons. The van der Waals surface area contributed by atoms with Gasteiger partial charge in [-0.2, -0.15) is 0 Å².